The zero-order valence-electron chi connectivity index (χ0n) is 64.3. The lowest BCUT2D eigenvalue weighted by Gasteiger charge is -2.21. The summed E-state index contributed by atoms with van der Waals surface area (Å²) in [6.45, 7) is 4.61. The number of aliphatic hydroxyl groups is 1. The number of unbranched alkanes of at least 4 members (excludes halogenated alkanes) is 31. The molecule has 0 spiro atoms. The maximum absolute atomic E-state index is 13.1. The van der Waals surface area contributed by atoms with Crippen LogP contribution in [0.2, 0.25) is 0 Å². The van der Waals surface area contributed by atoms with E-state index in [2.05, 4.69) is 137 Å². The van der Waals surface area contributed by atoms with Gasteiger partial charge in [-0.3, -0.25) is 37.3 Å². The van der Waals surface area contributed by atoms with Crippen molar-refractivity contribution in [2.45, 2.75) is 354 Å². The van der Waals surface area contributed by atoms with Crippen LogP contribution in [0.25, 0.3) is 0 Å². The van der Waals surface area contributed by atoms with Crippen LogP contribution >= 0.6 is 15.6 Å². The van der Waals surface area contributed by atoms with Crippen LogP contribution in [0, 0.1) is 0 Å². The Hall–Kier alpha value is -4.28. The average Bonchev–Trinajstić information content (AvgIpc) is 0.923. The van der Waals surface area contributed by atoms with Crippen molar-refractivity contribution in [1.82, 2.24) is 0 Å². The van der Waals surface area contributed by atoms with E-state index >= 15 is 0 Å². The van der Waals surface area contributed by atoms with Crippen molar-refractivity contribution < 1.29 is 80.2 Å². The van der Waals surface area contributed by atoms with E-state index in [1.807, 2.05) is 0 Å². The maximum Gasteiger partial charge on any atom is 0.472 e. The minimum atomic E-state index is -4.99. The van der Waals surface area contributed by atoms with Gasteiger partial charge in [0.2, 0.25) is 0 Å². The van der Waals surface area contributed by atoms with Gasteiger partial charge < -0.3 is 33.8 Å². The molecule has 17 nitrogen and oxygen atoms in total. The topological polar surface area (TPSA) is 237 Å². The molecule has 0 aromatic carbocycles. The summed E-state index contributed by atoms with van der Waals surface area (Å²) < 4.78 is 68.6. The molecule has 0 aliphatic heterocycles. The fraction of sp³-hybridized carbons (Fsp3) is 0.735. The van der Waals surface area contributed by atoms with Crippen molar-refractivity contribution in [2.75, 3.05) is 39.6 Å². The summed E-state index contributed by atoms with van der Waals surface area (Å²) in [4.78, 5) is 73.0. The van der Waals surface area contributed by atoms with Gasteiger partial charge >= 0.3 is 39.5 Å². The van der Waals surface area contributed by atoms with Gasteiger partial charge in [0.15, 0.2) is 12.2 Å². The molecular weight excluding hydrogens is 1330 g/mol. The Morgan fingerprint density at radius 3 is 0.794 bits per heavy atom. The van der Waals surface area contributed by atoms with Crippen LogP contribution < -0.4 is 0 Å². The molecule has 0 aliphatic carbocycles. The van der Waals surface area contributed by atoms with Crippen molar-refractivity contribution in [3.8, 4) is 0 Å². The zero-order valence-corrected chi connectivity index (χ0v) is 66.0. The van der Waals surface area contributed by atoms with E-state index in [1.54, 1.807) is 0 Å². The summed E-state index contributed by atoms with van der Waals surface area (Å²) in [5.74, 6) is -2.23. The highest BCUT2D eigenvalue weighted by Crippen LogP contribution is 2.45. The molecule has 0 amide bonds. The number of aliphatic hydroxyl groups excluding tert-OH is 1. The smallest absolute Gasteiger partial charge is 0.462 e. The number of allylic oxidation sites excluding steroid dienone is 18. The number of hydrogen-bond donors (Lipinski definition) is 3. The normalized spacial score (nSPS) is 14.5. The molecule has 5 unspecified atom stereocenters. The van der Waals surface area contributed by atoms with Crippen LogP contribution in [0.1, 0.15) is 336 Å². The minimum absolute atomic E-state index is 0.0681. The van der Waals surface area contributed by atoms with Gasteiger partial charge in [-0.15, -0.1) is 0 Å². The van der Waals surface area contributed by atoms with Crippen LogP contribution in [-0.2, 0) is 65.4 Å². The molecule has 0 aliphatic rings. The molecule has 5 atom stereocenters. The number of hydrogen-bond acceptors (Lipinski definition) is 15. The number of rotatable bonds is 75. The monoisotopic (exact) mass is 1470 g/mol. The van der Waals surface area contributed by atoms with Gasteiger partial charge in [0.25, 0.3) is 0 Å². The van der Waals surface area contributed by atoms with Gasteiger partial charge in [-0.25, -0.2) is 9.13 Å². The summed E-state index contributed by atoms with van der Waals surface area (Å²) in [7, 11) is -9.97. The number of phosphoric ester groups is 2. The van der Waals surface area contributed by atoms with E-state index in [0.717, 1.165) is 180 Å². The van der Waals surface area contributed by atoms with E-state index in [0.29, 0.717) is 25.7 Å². The Morgan fingerprint density at radius 2 is 0.510 bits per heavy atom. The lowest BCUT2D eigenvalue weighted by molar-refractivity contribution is -0.161. The molecule has 102 heavy (non-hydrogen) atoms. The van der Waals surface area contributed by atoms with E-state index in [-0.39, 0.29) is 25.7 Å². The first-order chi connectivity index (χ1) is 49.7. The Morgan fingerprint density at radius 1 is 0.284 bits per heavy atom. The number of esters is 4. The number of carbonyl (C=O) groups excluding carboxylic acids is 4. The van der Waals surface area contributed by atoms with Gasteiger partial charge in [0.05, 0.1) is 26.4 Å². The van der Waals surface area contributed by atoms with Crippen LogP contribution in [0.3, 0.4) is 0 Å². The van der Waals surface area contributed by atoms with Crippen LogP contribution in [0.4, 0.5) is 0 Å². The van der Waals surface area contributed by atoms with Gasteiger partial charge in [-0.2, -0.15) is 0 Å². The van der Waals surface area contributed by atoms with Gasteiger partial charge in [0.1, 0.15) is 19.3 Å². The molecule has 0 fully saturated rings. The fourth-order valence-electron chi connectivity index (χ4n) is 10.6. The van der Waals surface area contributed by atoms with Crippen molar-refractivity contribution in [3.63, 3.8) is 0 Å². The Kier molecular flexibility index (Phi) is 71.8. The third-order valence-electron chi connectivity index (χ3n) is 16.7. The van der Waals surface area contributed by atoms with Crippen molar-refractivity contribution >= 4 is 39.5 Å². The second kappa shape index (κ2) is 75.0. The Labute approximate surface area is 619 Å². The van der Waals surface area contributed by atoms with Crippen molar-refractivity contribution in [3.05, 3.63) is 109 Å². The first-order valence-corrected chi connectivity index (χ1v) is 43.1. The molecule has 0 aromatic heterocycles. The predicted molar refractivity (Wildman–Crippen MR) is 418 cm³/mol. The Balaban J connectivity index is 5.40. The summed E-state index contributed by atoms with van der Waals surface area (Å²) >= 11 is 0. The largest absolute Gasteiger partial charge is 0.472 e. The molecule has 588 valence electrons. The highest BCUT2D eigenvalue weighted by molar-refractivity contribution is 7.47. The van der Waals surface area contributed by atoms with Gasteiger partial charge in [-0.05, 0) is 148 Å². The second-order valence-corrected chi connectivity index (χ2v) is 29.5. The molecule has 3 N–H and O–H groups in total. The van der Waals surface area contributed by atoms with Gasteiger partial charge in [-0.1, -0.05) is 272 Å². The summed E-state index contributed by atoms with van der Waals surface area (Å²) in [5, 5.41) is 10.6. The first-order valence-electron chi connectivity index (χ1n) is 40.1. The number of phosphoric acid groups is 2. The molecule has 0 saturated heterocycles. The van der Waals surface area contributed by atoms with Gasteiger partial charge in [0, 0.05) is 25.7 Å². The third kappa shape index (κ3) is 74.0. The molecule has 0 bridgehead atoms. The van der Waals surface area contributed by atoms with Crippen molar-refractivity contribution in [2.24, 2.45) is 0 Å². The van der Waals surface area contributed by atoms with E-state index < -0.39 is 97.5 Å². The molecular formula is C83H144O17P2. The zero-order chi connectivity index (χ0) is 74.6. The molecule has 0 rings (SSSR count). The fourth-order valence-corrected chi connectivity index (χ4v) is 12.2. The summed E-state index contributed by atoms with van der Waals surface area (Å²) in [6.07, 6.45) is 80.6. The number of carbonyl (C=O) groups is 4. The molecule has 0 radical (unpaired) electrons. The van der Waals surface area contributed by atoms with E-state index in [9.17, 15) is 43.2 Å². The summed E-state index contributed by atoms with van der Waals surface area (Å²) in [6, 6.07) is 0. The first kappa shape index (κ1) is 97.7. The van der Waals surface area contributed by atoms with Crippen LogP contribution in [0.15, 0.2) is 109 Å². The maximum atomic E-state index is 13.1. The van der Waals surface area contributed by atoms with Crippen molar-refractivity contribution in [1.29, 1.82) is 0 Å². The van der Waals surface area contributed by atoms with E-state index in [1.165, 1.54) is 77.0 Å². The average molecular weight is 1480 g/mol. The molecule has 0 heterocycles. The quantitative estimate of drug-likeness (QED) is 0.0169. The number of ether oxygens (including phenoxy) is 4. The minimum Gasteiger partial charge on any atom is -0.462 e. The summed E-state index contributed by atoms with van der Waals surface area (Å²) in [5.41, 5.74) is 0. The lowest BCUT2D eigenvalue weighted by Crippen LogP contribution is -2.30. The van der Waals surface area contributed by atoms with E-state index in [4.69, 9.17) is 37.0 Å². The highest BCUT2D eigenvalue weighted by Gasteiger charge is 2.30. The standard InChI is InChI=1S/C83H144O17P2/c1-5-9-13-17-21-25-29-33-37-38-42-44-48-52-56-60-64-68-81(86)94-74-79(100-83(88)70-66-62-58-54-50-46-41-36-32-28-24-20-16-12-8-4)76-98-102(91,92)96-72-77(84)71-95-101(89,90)97-75-78(99-82(87)69-65-61-57-53-49-45-40-35-31-27-23-19-15-11-7-3)73-93-80(85)67-63-59-55-51-47-43-39-34-30-26-22-18-14-10-6-2/h9,12-13,16,21,24-25,28,33-37,39-42,44,77-79,84H,5-8,10-11,14-15,17-20,22-23,26-27,29-32,38,43,45-76H2,1-4H3,(H,89,90)(H,91,92)/b13-9-,16-12-,25-21-,28-24-,37-33-,39-34-,40-35-,41-36-,44-42-. The lowest BCUT2D eigenvalue weighted by atomic mass is 10.1. The molecule has 0 saturated carbocycles. The molecule has 19 heteroatoms. The van der Waals surface area contributed by atoms with Crippen LogP contribution in [0.5, 0.6) is 0 Å². The highest BCUT2D eigenvalue weighted by atomic mass is 31.2. The SMILES string of the molecule is CC/C=C\C/C=C\C/C=C\C/C=C\CCCCCCC(=O)OCC(COP(=O)(O)OCC(O)COP(=O)(O)OCC(COC(=O)CCCCCCC/C=C\CCCCCCCC)OC(=O)CCCCCCC/C=C\CCCCCCCC)OC(=O)CCCCCCC/C=C\C/C=C\C/C=C\CC. The third-order valence-corrected chi connectivity index (χ3v) is 18.6. The second-order valence-electron chi connectivity index (χ2n) is 26.6. The van der Waals surface area contributed by atoms with Crippen LogP contribution in [-0.4, -0.2) is 96.7 Å². The predicted octanol–water partition coefficient (Wildman–Crippen LogP) is 23.3. The Bertz CT molecular complexity index is 2360. The molecule has 0 aromatic rings.